The van der Waals surface area contributed by atoms with Crippen molar-refractivity contribution in [3.63, 3.8) is 0 Å². The Morgan fingerprint density at radius 1 is 1.03 bits per heavy atom. The molecule has 1 aliphatic rings. The number of rotatable bonds is 8. The summed E-state index contributed by atoms with van der Waals surface area (Å²) in [5.74, 6) is -1.21. The molecular weight excluding hydrogens is 486 g/mol. The number of hydrogen-bond donors (Lipinski definition) is 3. The van der Waals surface area contributed by atoms with E-state index in [4.69, 9.17) is 20.6 Å². The zero-order valence-electron chi connectivity index (χ0n) is 23.2. The molecule has 0 spiro atoms. The Morgan fingerprint density at radius 2 is 1.61 bits per heavy atom. The molecule has 9 nitrogen and oxygen atoms in total. The summed E-state index contributed by atoms with van der Waals surface area (Å²) < 4.78 is 10.6. The van der Waals surface area contributed by atoms with Crippen molar-refractivity contribution in [2.75, 3.05) is 19.8 Å². The summed E-state index contributed by atoms with van der Waals surface area (Å²) in [6, 6.07) is 6.63. The van der Waals surface area contributed by atoms with E-state index in [-0.39, 0.29) is 52.6 Å². The summed E-state index contributed by atoms with van der Waals surface area (Å²) in [7, 11) is 0. The summed E-state index contributed by atoms with van der Waals surface area (Å²) in [6.45, 7) is 13.6. The molecule has 2 aromatic carbocycles. The number of phenolic OH excluding ortho intramolecular Hbond substituents is 1. The number of phenols is 1. The molecule has 0 saturated carbocycles. The van der Waals surface area contributed by atoms with Crippen LogP contribution < -0.4 is 10.5 Å². The predicted octanol–water partition coefficient (Wildman–Crippen LogP) is 4.05. The number of amidine groups is 1. The first-order valence-electron chi connectivity index (χ1n) is 12.5. The van der Waals surface area contributed by atoms with Crippen molar-refractivity contribution >= 4 is 23.5 Å². The number of carbonyl (C=O) groups excluding carboxylic acids is 3. The number of benzene rings is 2. The minimum absolute atomic E-state index is 0.0587. The Balaban J connectivity index is 1.93. The first-order valence-corrected chi connectivity index (χ1v) is 12.5. The van der Waals surface area contributed by atoms with Crippen LogP contribution in [0.5, 0.6) is 11.5 Å². The van der Waals surface area contributed by atoms with Crippen LogP contribution in [0, 0.1) is 5.41 Å². The number of hydrogen-bond acceptors (Lipinski definition) is 7. The highest BCUT2D eigenvalue weighted by Crippen LogP contribution is 2.40. The highest BCUT2D eigenvalue weighted by Gasteiger charge is 2.32. The lowest BCUT2D eigenvalue weighted by molar-refractivity contribution is -0.121. The molecule has 9 heteroatoms. The maximum absolute atomic E-state index is 13.5. The van der Waals surface area contributed by atoms with E-state index >= 15 is 0 Å². The number of ketones is 1. The zero-order valence-corrected chi connectivity index (χ0v) is 23.2. The number of carbonyl (C=O) groups is 3. The second-order valence-corrected chi connectivity index (χ2v) is 11.5. The molecule has 3 rings (SSSR count). The van der Waals surface area contributed by atoms with E-state index in [0.29, 0.717) is 28.9 Å². The predicted molar refractivity (Wildman–Crippen MR) is 144 cm³/mol. The van der Waals surface area contributed by atoms with Crippen LogP contribution in [0.15, 0.2) is 24.3 Å². The van der Waals surface area contributed by atoms with Gasteiger partial charge in [0.2, 0.25) is 0 Å². The van der Waals surface area contributed by atoms with Gasteiger partial charge in [0.25, 0.3) is 5.91 Å². The van der Waals surface area contributed by atoms with Gasteiger partial charge in [0, 0.05) is 28.8 Å². The molecule has 2 aromatic rings. The van der Waals surface area contributed by atoms with E-state index in [1.807, 2.05) is 41.5 Å². The first-order chi connectivity index (χ1) is 17.5. The van der Waals surface area contributed by atoms with Gasteiger partial charge < -0.3 is 25.2 Å². The molecule has 204 valence electrons. The number of Topliss-reactive ketones (excluding diaryl/α,β-unsaturated/α-hetero) is 1. The molecule has 0 aromatic heterocycles. The third-order valence-corrected chi connectivity index (χ3v) is 6.39. The van der Waals surface area contributed by atoms with Crippen LogP contribution >= 0.6 is 0 Å². The van der Waals surface area contributed by atoms with Crippen LogP contribution in [-0.4, -0.2) is 53.3 Å². The minimum atomic E-state index is -0.786. The molecule has 0 fully saturated rings. The Labute approximate surface area is 223 Å². The average molecular weight is 524 g/mol. The smallest absolute Gasteiger partial charge is 0.342 e. The molecule has 0 saturated heterocycles. The molecule has 1 heterocycles. The van der Waals surface area contributed by atoms with E-state index in [1.165, 1.54) is 6.07 Å². The summed E-state index contributed by atoms with van der Waals surface area (Å²) >= 11 is 0. The number of fused-ring (bicyclic) bond motifs is 1. The highest BCUT2D eigenvalue weighted by molar-refractivity contribution is 6.07. The van der Waals surface area contributed by atoms with E-state index in [2.05, 4.69) is 0 Å². The number of aromatic hydroxyl groups is 1. The van der Waals surface area contributed by atoms with Crippen molar-refractivity contribution in [2.45, 2.75) is 65.8 Å². The van der Waals surface area contributed by atoms with Crippen molar-refractivity contribution < 1.29 is 29.0 Å². The fourth-order valence-corrected chi connectivity index (χ4v) is 4.42. The second-order valence-electron chi connectivity index (χ2n) is 11.5. The topological polar surface area (TPSA) is 143 Å². The van der Waals surface area contributed by atoms with Crippen LogP contribution in [0.2, 0.25) is 0 Å². The number of nitrogens with zero attached hydrogens (tertiary/aromatic N) is 1. The lowest BCUT2D eigenvalue weighted by Crippen LogP contribution is -2.30. The van der Waals surface area contributed by atoms with Gasteiger partial charge in [-0.3, -0.25) is 15.0 Å². The van der Waals surface area contributed by atoms with Crippen LogP contribution in [0.25, 0.3) is 0 Å². The standard InChI is InChI=1S/C29H37N3O6/c1-8-37-23-11-17-13-32(26(31)18(17)12-19(23)27(36)38-15-24(30)34)14-22(33)16-9-20(28(2,3)4)25(35)21(10-16)29(5,6)7/h9-12,31,35H,8,13-15H2,1-7H3,(H2,30,34). The normalized spacial score (nSPS) is 13.3. The van der Waals surface area contributed by atoms with Gasteiger partial charge in [-0.15, -0.1) is 0 Å². The molecule has 0 radical (unpaired) electrons. The van der Waals surface area contributed by atoms with E-state index in [1.54, 1.807) is 30.0 Å². The fraction of sp³-hybridized carbons (Fsp3) is 0.448. The zero-order chi connectivity index (χ0) is 28.6. The number of ether oxygens (including phenoxy) is 2. The lowest BCUT2D eigenvalue weighted by atomic mass is 9.78. The molecular formula is C29H37N3O6. The molecule has 0 atom stereocenters. The Hall–Kier alpha value is -3.88. The lowest BCUT2D eigenvalue weighted by Gasteiger charge is -2.28. The van der Waals surface area contributed by atoms with Gasteiger partial charge in [-0.1, -0.05) is 41.5 Å². The molecule has 1 aliphatic heterocycles. The van der Waals surface area contributed by atoms with Crippen molar-refractivity contribution in [2.24, 2.45) is 5.73 Å². The Morgan fingerprint density at radius 3 is 2.11 bits per heavy atom. The molecule has 4 N–H and O–H groups in total. The molecule has 0 bridgehead atoms. The molecule has 0 aliphatic carbocycles. The van der Waals surface area contributed by atoms with E-state index in [0.717, 1.165) is 5.56 Å². The number of nitrogens with one attached hydrogen (secondary N) is 1. The van der Waals surface area contributed by atoms with Crippen LogP contribution in [0.1, 0.15) is 91.4 Å². The van der Waals surface area contributed by atoms with Gasteiger partial charge in [0.15, 0.2) is 12.4 Å². The van der Waals surface area contributed by atoms with E-state index in [9.17, 15) is 19.5 Å². The average Bonchev–Trinajstić information content (AvgIpc) is 3.09. The van der Waals surface area contributed by atoms with Gasteiger partial charge in [0.1, 0.15) is 22.9 Å². The number of amides is 1. The van der Waals surface area contributed by atoms with Crippen molar-refractivity contribution in [3.05, 3.63) is 57.6 Å². The maximum atomic E-state index is 13.5. The van der Waals surface area contributed by atoms with Gasteiger partial charge in [0.05, 0.1) is 13.2 Å². The summed E-state index contributed by atoms with van der Waals surface area (Å²) in [5, 5.41) is 19.7. The molecule has 1 amide bonds. The molecule has 38 heavy (non-hydrogen) atoms. The van der Waals surface area contributed by atoms with Gasteiger partial charge in [-0.05, 0) is 47.6 Å². The minimum Gasteiger partial charge on any atom is -0.507 e. The Kier molecular flexibility index (Phi) is 7.91. The van der Waals surface area contributed by atoms with Gasteiger partial charge >= 0.3 is 5.97 Å². The second kappa shape index (κ2) is 10.5. The van der Waals surface area contributed by atoms with Crippen LogP contribution in [0.3, 0.4) is 0 Å². The largest absolute Gasteiger partial charge is 0.507 e. The van der Waals surface area contributed by atoms with E-state index < -0.39 is 18.5 Å². The van der Waals surface area contributed by atoms with Gasteiger partial charge in [-0.2, -0.15) is 0 Å². The summed E-state index contributed by atoms with van der Waals surface area (Å²) in [6.07, 6.45) is 0. The SMILES string of the molecule is CCOc1cc2c(cc1C(=O)OCC(N)=O)C(=N)N(CC(=O)c1cc(C(C)(C)C)c(O)c(C(C)(C)C)c1)C2. The van der Waals surface area contributed by atoms with Crippen molar-refractivity contribution in [1.82, 2.24) is 4.90 Å². The van der Waals surface area contributed by atoms with Crippen LogP contribution in [-0.2, 0) is 26.9 Å². The monoisotopic (exact) mass is 523 g/mol. The first kappa shape index (κ1) is 28.7. The molecule has 0 unspecified atom stereocenters. The highest BCUT2D eigenvalue weighted by atomic mass is 16.5. The Bertz CT molecular complexity index is 1270. The van der Waals surface area contributed by atoms with Gasteiger partial charge in [-0.25, -0.2) is 4.79 Å². The van der Waals surface area contributed by atoms with Crippen LogP contribution in [0.4, 0.5) is 0 Å². The third-order valence-electron chi connectivity index (χ3n) is 6.39. The summed E-state index contributed by atoms with van der Waals surface area (Å²) in [5.41, 5.74) is 7.44. The van der Waals surface area contributed by atoms with Crippen molar-refractivity contribution in [1.29, 1.82) is 5.41 Å². The maximum Gasteiger partial charge on any atom is 0.342 e. The quantitative estimate of drug-likeness (QED) is 0.350. The number of primary amides is 1. The summed E-state index contributed by atoms with van der Waals surface area (Å²) in [4.78, 5) is 38.7. The third kappa shape index (κ3) is 5.98. The number of nitrogens with two attached hydrogens (primary N) is 1. The van der Waals surface area contributed by atoms with Crippen molar-refractivity contribution in [3.8, 4) is 11.5 Å². The fourth-order valence-electron chi connectivity index (χ4n) is 4.42. The number of esters is 1.